The van der Waals surface area contributed by atoms with Gasteiger partial charge in [0.1, 0.15) is 0 Å². The predicted octanol–water partition coefficient (Wildman–Crippen LogP) is 2.78. The van der Waals surface area contributed by atoms with Gasteiger partial charge in [-0.3, -0.25) is 0 Å². The lowest BCUT2D eigenvalue weighted by atomic mass is 10.1. The highest BCUT2D eigenvalue weighted by Gasteiger charge is 2.05. The number of hydrogen-bond donors (Lipinski definition) is 1. The van der Waals surface area contributed by atoms with Crippen LogP contribution >= 0.6 is 0 Å². The minimum atomic E-state index is -0.327. The summed E-state index contributed by atoms with van der Waals surface area (Å²) >= 11 is 0. The molecule has 4 nitrogen and oxygen atoms in total. The Morgan fingerprint density at radius 2 is 1.82 bits per heavy atom. The van der Waals surface area contributed by atoms with Crippen molar-refractivity contribution >= 4 is 5.97 Å². The van der Waals surface area contributed by atoms with E-state index < -0.39 is 0 Å². The summed E-state index contributed by atoms with van der Waals surface area (Å²) in [6, 6.07) is 17.5. The van der Waals surface area contributed by atoms with Crippen LogP contribution < -0.4 is 5.32 Å². The molecule has 0 atom stereocenters. The molecule has 0 aliphatic heterocycles. The van der Waals surface area contributed by atoms with E-state index in [0.717, 1.165) is 18.7 Å². The normalized spacial score (nSPS) is 10.4. The van der Waals surface area contributed by atoms with Crippen molar-refractivity contribution in [3.63, 3.8) is 0 Å². The van der Waals surface area contributed by atoms with E-state index in [4.69, 9.17) is 9.47 Å². The minimum absolute atomic E-state index is 0.327. The van der Waals surface area contributed by atoms with E-state index in [-0.39, 0.29) is 5.97 Å². The van der Waals surface area contributed by atoms with Crippen LogP contribution in [0.3, 0.4) is 0 Å². The Balaban J connectivity index is 1.65. The number of methoxy groups -OCH3 is 1. The number of ether oxygens (including phenoxy) is 2. The molecule has 2 rings (SSSR count). The third kappa shape index (κ3) is 5.31. The van der Waals surface area contributed by atoms with E-state index in [1.807, 2.05) is 30.3 Å². The van der Waals surface area contributed by atoms with Crippen LogP contribution in [0.25, 0.3) is 0 Å². The van der Waals surface area contributed by atoms with Crippen molar-refractivity contribution in [3.8, 4) is 0 Å². The Morgan fingerprint density at radius 1 is 1.05 bits per heavy atom. The van der Waals surface area contributed by atoms with Gasteiger partial charge in [0.2, 0.25) is 0 Å². The predicted molar refractivity (Wildman–Crippen MR) is 85.6 cm³/mol. The summed E-state index contributed by atoms with van der Waals surface area (Å²) in [6.45, 7) is 2.72. The van der Waals surface area contributed by atoms with Crippen LogP contribution in [0.1, 0.15) is 21.5 Å². The fourth-order valence-electron chi connectivity index (χ4n) is 2.07. The maximum atomic E-state index is 11.4. The number of carbonyl (C=O) groups is 1. The standard InChI is InChI=1S/C18H21NO3/c1-21-18(20)17-9-5-8-16(12-17)14-22-11-10-19-13-15-6-3-2-4-7-15/h2-9,12,19H,10-11,13-14H2,1H3. The molecule has 0 fully saturated rings. The molecule has 2 aromatic carbocycles. The first-order valence-corrected chi connectivity index (χ1v) is 7.29. The van der Waals surface area contributed by atoms with Gasteiger partial charge in [-0.1, -0.05) is 42.5 Å². The van der Waals surface area contributed by atoms with Crippen molar-refractivity contribution in [3.05, 3.63) is 71.3 Å². The molecule has 116 valence electrons. The zero-order valence-corrected chi connectivity index (χ0v) is 12.7. The van der Waals surface area contributed by atoms with E-state index in [2.05, 4.69) is 17.4 Å². The SMILES string of the molecule is COC(=O)c1cccc(COCCNCc2ccccc2)c1. The van der Waals surface area contributed by atoms with Crippen LogP contribution in [0.15, 0.2) is 54.6 Å². The summed E-state index contributed by atoms with van der Waals surface area (Å²) in [5, 5.41) is 3.33. The fraction of sp³-hybridized carbons (Fsp3) is 0.278. The molecule has 0 aromatic heterocycles. The zero-order chi connectivity index (χ0) is 15.6. The largest absolute Gasteiger partial charge is 0.465 e. The zero-order valence-electron chi connectivity index (χ0n) is 12.7. The Bertz CT molecular complexity index is 584. The van der Waals surface area contributed by atoms with E-state index >= 15 is 0 Å². The summed E-state index contributed by atoms with van der Waals surface area (Å²) in [7, 11) is 1.38. The smallest absolute Gasteiger partial charge is 0.337 e. The molecule has 4 heteroatoms. The van der Waals surface area contributed by atoms with Gasteiger partial charge < -0.3 is 14.8 Å². The molecule has 0 saturated carbocycles. The average Bonchev–Trinajstić information content (AvgIpc) is 2.58. The van der Waals surface area contributed by atoms with Crippen LogP contribution in [0.5, 0.6) is 0 Å². The van der Waals surface area contributed by atoms with Crippen molar-refractivity contribution < 1.29 is 14.3 Å². The van der Waals surface area contributed by atoms with Gasteiger partial charge >= 0.3 is 5.97 Å². The van der Waals surface area contributed by atoms with Gasteiger partial charge in [-0.05, 0) is 23.3 Å². The fourth-order valence-corrected chi connectivity index (χ4v) is 2.07. The van der Waals surface area contributed by atoms with E-state index in [0.29, 0.717) is 18.8 Å². The molecule has 22 heavy (non-hydrogen) atoms. The Labute approximate surface area is 131 Å². The van der Waals surface area contributed by atoms with Crippen molar-refractivity contribution in [1.29, 1.82) is 0 Å². The van der Waals surface area contributed by atoms with Crippen LogP contribution in [0.2, 0.25) is 0 Å². The lowest BCUT2D eigenvalue weighted by Gasteiger charge is -2.07. The molecule has 0 saturated heterocycles. The lowest BCUT2D eigenvalue weighted by Crippen LogP contribution is -2.19. The lowest BCUT2D eigenvalue weighted by molar-refractivity contribution is 0.0600. The molecule has 1 N–H and O–H groups in total. The minimum Gasteiger partial charge on any atom is -0.465 e. The van der Waals surface area contributed by atoms with Crippen molar-refractivity contribution in [1.82, 2.24) is 5.32 Å². The summed E-state index contributed by atoms with van der Waals surface area (Å²) in [5.41, 5.74) is 2.77. The molecule has 2 aromatic rings. The van der Waals surface area contributed by atoms with Gasteiger partial charge in [0.25, 0.3) is 0 Å². The molecule has 0 heterocycles. The third-order valence-electron chi connectivity index (χ3n) is 3.21. The summed E-state index contributed by atoms with van der Waals surface area (Å²) in [5.74, 6) is -0.327. The van der Waals surface area contributed by atoms with Gasteiger partial charge in [-0.15, -0.1) is 0 Å². The van der Waals surface area contributed by atoms with Crippen LogP contribution in [0, 0.1) is 0 Å². The highest BCUT2D eigenvalue weighted by molar-refractivity contribution is 5.89. The second kappa shape index (κ2) is 8.97. The van der Waals surface area contributed by atoms with Crippen LogP contribution in [-0.4, -0.2) is 26.2 Å². The van der Waals surface area contributed by atoms with Gasteiger partial charge in [0.15, 0.2) is 0 Å². The molecule has 0 bridgehead atoms. The number of nitrogens with one attached hydrogen (secondary N) is 1. The van der Waals surface area contributed by atoms with E-state index in [1.54, 1.807) is 12.1 Å². The Hall–Kier alpha value is -2.17. The number of esters is 1. The topological polar surface area (TPSA) is 47.6 Å². The second-order valence-corrected chi connectivity index (χ2v) is 4.91. The van der Waals surface area contributed by atoms with Gasteiger partial charge in [0, 0.05) is 13.1 Å². The molecule has 0 amide bonds. The van der Waals surface area contributed by atoms with E-state index in [1.165, 1.54) is 12.7 Å². The second-order valence-electron chi connectivity index (χ2n) is 4.91. The summed E-state index contributed by atoms with van der Waals surface area (Å²) in [4.78, 5) is 11.4. The Kier molecular flexibility index (Phi) is 6.61. The average molecular weight is 299 g/mol. The molecule has 0 radical (unpaired) electrons. The van der Waals surface area contributed by atoms with Crippen molar-refractivity contribution in [2.24, 2.45) is 0 Å². The molecular weight excluding hydrogens is 278 g/mol. The third-order valence-corrected chi connectivity index (χ3v) is 3.21. The highest BCUT2D eigenvalue weighted by Crippen LogP contribution is 2.07. The Morgan fingerprint density at radius 3 is 2.59 bits per heavy atom. The van der Waals surface area contributed by atoms with Crippen LogP contribution in [-0.2, 0) is 22.6 Å². The highest BCUT2D eigenvalue weighted by atomic mass is 16.5. The number of carbonyl (C=O) groups excluding carboxylic acids is 1. The van der Waals surface area contributed by atoms with Gasteiger partial charge in [-0.25, -0.2) is 4.79 Å². The van der Waals surface area contributed by atoms with E-state index in [9.17, 15) is 4.79 Å². The maximum Gasteiger partial charge on any atom is 0.337 e. The molecule has 0 aliphatic carbocycles. The van der Waals surface area contributed by atoms with Crippen LogP contribution in [0.4, 0.5) is 0 Å². The first kappa shape index (κ1) is 16.2. The molecule has 0 unspecified atom stereocenters. The van der Waals surface area contributed by atoms with Gasteiger partial charge in [0.05, 0.1) is 25.9 Å². The molecular formula is C18H21NO3. The monoisotopic (exact) mass is 299 g/mol. The molecule has 0 aliphatic rings. The quantitative estimate of drug-likeness (QED) is 0.601. The number of benzene rings is 2. The first-order chi connectivity index (χ1) is 10.8. The first-order valence-electron chi connectivity index (χ1n) is 7.29. The van der Waals surface area contributed by atoms with Crippen molar-refractivity contribution in [2.45, 2.75) is 13.2 Å². The maximum absolute atomic E-state index is 11.4. The van der Waals surface area contributed by atoms with Gasteiger partial charge in [-0.2, -0.15) is 0 Å². The summed E-state index contributed by atoms with van der Waals surface area (Å²) < 4.78 is 10.3. The number of hydrogen-bond acceptors (Lipinski definition) is 4. The van der Waals surface area contributed by atoms with Crippen molar-refractivity contribution in [2.75, 3.05) is 20.3 Å². The number of rotatable bonds is 8. The summed E-state index contributed by atoms with van der Waals surface area (Å²) in [6.07, 6.45) is 0. The molecule has 0 spiro atoms.